The molecule has 2 heterocycles. The normalized spacial score (nSPS) is 17.7. The number of para-hydroxylation sites is 1. The molecule has 0 saturated carbocycles. The van der Waals surface area contributed by atoms with Crippen LogP contribution in [0.5, 0.6) is 5.75 Å². The van der Waals surface area contributed by atoms with Gasteiger partial charge in [-0.3, -0.25) is 0 Å². The van der Waals surface area contributed by atoms with E-state index in [0.29, 0.717) is 6.54 Å². The number of ether oxygens (including phenoxy) is 1. The van der Waals surface area contributed by atoms with Crippen LogP contribution in [0.15, 0.2) is 41.8 Å². The summed E-state index contributed by atoms with van der Waals surface area (Å²) in [5, 5.41) is 7.82. The molecule has 2 N–H and O–H groups in total. The van der Waals surface area contributed by atoms with Crippen molar-refractivity contribution in [2.45, 2.75) is 25.5 Å². The summed E-state index contributed by atoms with van der Waals surface area (Å²) in [6.07, 6.45) is 0.863. The Morgan fingerprint density at radius 1 is 1.38 bits per heavy atom. The molecule has 0 bridgehead atoms. The molecule has 21 heavy (non-hydrogen) atoms. The standard InChI is InChI=1S/C16H18N2O2S/c1-11(15-7-4-8-21-15)18-16(19)17-10-13-9-12-5-2-3-6-14(12)20-13/h2-8,11,13H,9-10H2,1H3,(H2,17,18,19)/t11-,13-/m0/s1. The zero-order valence-electron chi connectivity index (χ0n) is 11.8. The zero-order chi connectivity index (χ0) is 14.7. The number of fused-ring (bicyclic) bond motifs is 1. The van der Waals surface area contributed by atoms with E-state index in [1.54, 1.807) is 11.3 Å². The molecule has 1 aliphatic heterocycles. The first-order chi connectivity index (χ1) is 10.2. The number of nitrogens with one attached hydrogen (secondary N) is 2. The molecule has 0 unspecified atom stereocenters. The highest BCUT2D eigenvalue weighted by Gasteiger charge is 2.22. The highest BCUT2D eigenvalue weighted by molar-refractivity contribution is 7.10. The summed E-state index contributed by atoms with van der Waals surface area (Å²) in [6, 6.07) is 11.9. The number of thiophene rings is 1. The number of hydrogen-bond acceptors (Lipinski definition) is 3. The molecule has 5 heteroatoms. The van der Waals surface area contributed by atoms with Gasteiger partial charge in [-0.25, -0.2) is 4.79 Å². The summed E-state index contributed by atoms with van der Waals surface area (Å²) in [4.78, 5) is 13.1. The zero-order valence-corrected chi connectivity index (χ0v) is 12.7. The van der Waals surface area contributed by atoms with Gasteiger partial charge in [-0.2, -0.15) is 0 Å². The molecule has 0 radical (unpaired) electrons. The van der Waals surface area contributed by atoms with Gasteiger partial charge < -0.3 is 15.4 Å². The Morgan fingerprint density at radius 3 is 3.00 bits per heavy atom. The largest absolute Gasteiger partial charge is 0.488 e. The van der Waals surface area contributed by atoms with E-state index >= 15 is 0 Å². The molecule has 0 aliphatic carbocycles. The smallest absolute Gasteiger partial charge is 0.315 e. The molecule has 2 aromatic rings. The molecule has 0 fully saturated rings. The van der Waals surface area contributed by atoms with Crippen LogP contribution in [0.4, 0.5) is 4.79 Å². The predicted molar refractivity (Wildman–Crippen MR) is 83.8 cm³/mol. The number of carbonyl (C=O) groups is 1. The average molecular weight is 302 g/mol. The average Bonchev–Trinajstić information content (AvgIpc) is 3.14. The van der Waals surface area contributed by atoms with Crippen molar-refractivity contribution in [3.8, 4) is 5.75 Å². The van der Waals surface area contributed by atoms with Crippen LogP contribution >= 0.6 is 11.3 Å². The number of hydrogen-bond donors (Lipinski definition) is 2. The van der Waals surface area contributed by atoms with Gasteiger partial charge in [0.1, 0.15) is 11.9 Å². The van der Waals surface area contributed by atoms with Crippen LogP contribution in [-0.4, -0.2) is 18.7 Å². The number of carbonyl (C=O) groups excluding carboxylic acids is 1. The highest BCUT2D eigenvalue weighted by atomic mass is 32.1. The monoisotopic (exact) mass is 302 g/mol. The van der Waals surface area contributed by atoms with Gasteiger partial charge in [0, 0.05) is 11.3 Å². The molecule has 0 saturated heterocycles. The minimum Gasteiger partial charge on any atom is -0.488 e. The van der Waals surface area contributed by atoms with Gasteiger partial charge in [-0.1, -0.05) is 24.3 Å². The van der Waals surface area contributed by atoms with E-state index in [1.165, 1.54) is 5.56 Å². The maximum Gasteiger partial charge on any atom is 0.315 e. The Kier molecular flexibility index (Phi) is 4.10. The van der Waals surface area contributed by atoms with Gasteiger partial charge in [-0.05, 0) is 30.0 Å². The maximum atomic E-state index is 11.9. The van der Waals surface area contributed by atoms with Gasteiger partial charge in [0.15, 0.2) is 0 Å². The first-order valence-electron chi connectivity index (χ1n) is 7.04. The Balaban J connectivity index is 1.45. The summed E-state index contributed by atoms with van der Waals surface area (Å²) in [6.45, 7) is 2.49. The van der Waals surface area contributed by atoms with Crippen LogP contribution < -0.4 is 15.4 Å². The van der Waals surface area contributed by atoms with E-state index in [1.807, 2.05) is 42.6 Å². The van der Waals surface area contributed by atoms with Crippen molar-refractivity contribution in [2.24, 2.45) is 0 Å². The predicted octanol–water partition coefficient (Wildman–Crippen LogP) is 3.11. The minimum absolute atomic E-state index is 0.0187. The topological polar surface area (TPSA) is 50.4 Å². The molecule has 0 spiro atoms. The highest BCUT2D eigenvalue weighted by Crippen LogP contribution is 2.27. The van der Waals surface area contributed by atoms with Crippen molar-refractivity contribution in [3.05, 3.63) is 52.2 Å². The van der Waals surface area contributed by atoms with Crippen molar-refractivity contribution >= 4 is 17.4 Å². The van der Waals surface area contributed by atoms with E-state index in [0.717, 1.165) is 17.0 Å². The van der Waals surface area contributed by atoms with Crippen LogP contribution in [0.2, 0.25) is 0 Å². The lowest BCUT2D eigenvalue weighted by atomic mass is 10.1. The summed E-state index contributed by atoms with van der Waals surface area (Å²) in [7, 11) is 0. The fraction of sp³-hybridized carbons (Fsp3) is 0.312. The Morgan fingerprint density at radius 2 is 2.24 bits per heavy atom. The number of rotatable bonds is 4. The van der Waals surface area contributed by atoms with Crippen molar-refractivity contribution in [1.82, 2.24) is 10.6 Å². The summed E-state index contributed by atoms with van der Waals surface area (Å²) < 4.78 is 5.79. The van der Waals surface area contributed by atoms with Crippen molar-refractivity contribution < 1.29 is 9.53 Å². The summed E-state index contributed by atoms with van der Waals surface area (Å²) in [5.74, 6) is 0.927. The second-order valence-electron chi connectivity index (χ2n) is 5.14. The lowest BCUT2D eigenvalue weighted by Crippen LogP contribution is -2.41. The van der Waals surface area contributed by atoms with Crippen LogP contribution in [0.3, 0.4) is 0 Å². The van der Waals surface area contributed by atoms with Gasteiger partial charge in [0.2, 0.25) is 0 Å². The fourth-order valence-electron chi connectivity index (χ4n) is 2.43. The van der Waals surface area contributed by atoms with E-state index in [-0.39, 0.29) is 18.2 Å². The third-order valence-electron chi connectivity index (χ3n) is 3.52. The SMILES string of the molecule is C[C@H](NC(=O)NC[C@@H]1Cc2ccccc2O1)c1cccs1. The molecule has 1 aromatic carbocycles. The molecule has 4 nitrogen and oxygen atoms in total. The van der Waals surface area contributed by atoms with Gasteiger partial charge in [0.25, 0.3) is 0 Å². The summed E-state index contributed by atoms with van der Waals surface area (Å²) in [5.41, 5.74) is 1.21. The molecule has 2 amide bonds. The number of amides is 2. The molecule has 110 valence electrons. The molecular weight excluding hydrogens is 284 g/mol. The Hall–Kier alpha value is -2.01. The molecule has 1 aromatic heterocycles. The number of urea groups is 1. The van der Waals surface area contributed by atoms with Gasteiger partial charge >= 0.3 is 6.03 Å². The first kappa shape index (κ1) is 13.9. The van der Waals surface area contributed by atoms with E-state index in [9.17, 15) is 4.79 Å². The van der Waals surface area contributed by atoms with Crippen LogP contribution in [0.1, 0.15) is 23.4 Å². The Bertz CT molecular complexity index is 587. The summed E-state index contributed by atoms with van der Waals surface area (Å²) >= 11 is 1.64. The van der Waals surface area contributed by atoms with Crippen LogP contribution in [0.25, 0.3) is 0 Å². The van der Waals surface area contributed by atoms with Crippen molar-refractivity contribution in [2.75, 3.05) is 6.54 Å². The lowest BCUT2D eigenvalue weighted by Gasteiger charge is -2.15. The van der Waals surface area contributed by atoms with Crippen LogP contribution in [-0.2, 0) is 6.42 Å². The molecule has 2 atom stereocenters. The minimum atomic E-state index is -0.157. The quantitative estimate of drug-likeness (QED) is 0.911. The van der Waals surface area contributed by atoms with Gasteiger partial charge in [0.05, 0.1) is 12.6 Å². The van der Waals surface area contributed by atoms with E-state index < -0.39 is 0 Å². The molecule has 1 aliphatic rings. The van der Waals surface area contributed by atoms with E-state index in [2.05, 4.69) is 16.7 Å². The van der Waals surface area contributed by atoms with Crippen LogP contribution in [0, 0.1) is 0 Å². The lowest BCUT2D eigenvalue weighted by molar-refractivity contribution is 0.212. The van der Waals surface area contributed by atoms with E-state index in [4.69, 9.17) is 4.74 Å². The Labute approximate surface area is 128 Å². The second-order valence-corrected chi connectivity index (χ2v) is 6.12. The van der Waals surface area contributed by atoms with Crippen molar-refractivity contribution in [3.63, 3.8) is 0 Å². The third kappa shape index (κ3) is 3.36. The molecule has 3 rings (SSSR count). The first-order valence-corrected chi connectivity index (χ1v) is 7.92. The number of benzene rings is 1. The fourth-order valence-corrected chi connectivity index (χ4v) is 3.17. The maximum absolute atomic E-state index is 11.9. The van der Waals surface area contributed by atoms with Gasteiger partial charge in [-0.15, -0.1) is 11.3 Å². The second kappa shape index (κ2) is 6.18. The third-order valence-corrected chi connectivity index (χ3v) is 4.58. The van der Waals surface area contributed by atoms with Crippen molar-refractivity contribution in [1.29, 1.82) is 0 Å². The molecular formula is C16H18N2O2S.